The summed E-state index contributed by atoms with van der Waals surface area (Å²) in [5.74, 6) is 0. The summed E-state index contributed by atoms with van der Waals surface area (Å²) in [6.45, 7) is 8.87. The van der Waals surface area contributed by atoms with E-state index in [0.29, 0.717) is 13.1 Å². The Bertz CT molecular complexity index is 212. The Kier molecular flexibility index (Phi) is 9.70. The quantitative estimate of drug-likeness (QED) is 0.554. The summed E-state index contributed by atoms with van der Waals surface area (Å²) in [6, 6.07) is 4.37. The lowest BCUT2D eigenvalue weighted by Gasteiger charge is -2.23. The highest BCUT2D eigenvalue weighted by Crippen LogP contribution is 1.95. The fraction of sp³-hybridized carbons (Fsp3) is 0.833. The Balaban J connectivity index is 3.94. The van der Waals surface area contributed by atoms with Gasteiger partial charge in [-0.25, -0.2) is 0 Å². The Morgan fingerprint density at radius 2 is 1.12 bits per heavy atom. The lowest BCUT2D eigenvalue weighted by Crippen LogP contribution is -2.36. The number of hydrogen-bond donors (Lipinski definition) is 0. The third kappa shape index (κ3) is 7.23. The van der Waals surface area contributed by atoms with E-state index in [1.807, 2.05) is 0 Å². The van der Waals surface area contributed by atoms with Gasteiger partial charge in [-0.1, -0.05) is 13.8 Å². The number of nitriles is 2. The fourth-order valence-corrected chi connectivity index (χ4v) is 1.66. The fourth-order valence-electron chi connectivity index (χ4n) is 1.66. The van der Waals surface area contributed by atoms with Crippen molar-refractivity contribution in [2.24, 2.45) is 0 Å². The van der Waals surface area contributed by atoms with Crippen LogP contribution in [0.2, 0.25) is 0 Å². The molecule has 0 aliphatic rings. The van der Waals surface area contributed by atoms with Crippen LogP contribution in [0.5, 0.6) is 0 Å². The zero-order valence-electron chi connectivity index (χ0n) is 10.4. The minimum Gasteiger partial charge on any atom is -0.289 e. The average Bonchev–Trinajstić information content (AvgIpc) is 2.27. The predicted molar refractivity (Wildman–Crippen MR) is 64.7 cm³/mol. The van der Waals surface area contributed by atoms with Gasteiger partial charge in [0.1, 0.15) is 0 Å². The van der Waals surface area contributed by atoms with Crippen molar-refractivity contribution in [3.63, 3.8) is 0 Å². The highest BCUT2D eigenvalue weighted by molar-refractivity contribution is 4.79. The first-order valence-corrected chi connectivity index (χ1v) is 5.97. The molecule has 0 aliphatic carbocycles. The van der Waals surface area contributed by atoms with Crippen LogP contribution in [0.1, 0.15) is 26.7 Å². The molecule has 0 aliphatic heterocycles. The second-order valence-corrected chi connectivity index (χ2v) is 3.87. The van der Waals surface area contributed by atoms with Crippen molar-refractivity contribution < 1.29 is 0 Å². The smallest absolute Gasteiger partial charge is 0.0866 e. The summed E-state index contributed by atoms with van der Waals surface area (Å²) >= 11 is 0. The monoisotopic (exact) mass is 222 g/mol. The molecule has 0 heterocycles. The van der Waals surface area contributed by atoms with Crippen LogP contribution in [0, 0.1) is 22.7 Å². The molecule has 4 heteroatoms. The molecule has 0 aromatic heterocycles. The summed E-state index contributed by atoms with van der Waals surface area (Å²) in [6.07, 6.45) is 2.13. The van der Waals surface area contributed by atoms with Gasteiger partial charge < -0.3 is 0 Å². The maximum atomic E-state index is 8.68. The number of hydrogen-bond acceptors (Lipinski definition) is 4. The SMILES string of the molecule is CCCN(CC#N)CCN(CC#N)CCC. The topological polar surface area (TPSA) is 54.1 Å². The molecular weight excluding hydrogens is 200 g/mol. The molecule has 0 atom stereocenters. The van der Waals surface area contributed by atoms with Gasteiger partial charge in [-0.05, 0) is 25.9 Å². The van der Waals surface area contributed by atoms with E-state index in [4.69, 9.17) is 10.5 Å². The maximum Gasteiger partial charge on any atom is 0.0866 e. The highest BCUT2D eigenvalue weighted by Gasteiger charge is 2.07. The van der Waals surface area contributed by atoms with Crippen LogP contribution >= 0.6 is 0 Å². The molecule has 0 fully saturated rings. The van der Waals surface area contributed by atoms with E-state index in [2.05, 4.69) is 35.8 Å². The van der Waals surface area contributed by atoms with E-state index in [1.165, 1.54) is 0 Å². The summed E-state index contributed by atoms with van der Waals surface area (Å²) in [4.78, 5) is 4.28. The zero-order valence-corrected chi connectivity index (χ0v) is 10.4. The minimum atomic E-state index is 0.486. The second kappa shape index (κ2) is 10.4. The van der Waals surface area contributed by atoms with Crippen LogP contribution in [0.3, 0.4) is 0 Å². The van der Waals surface area contributed by atoms with Crippen LogP contribution in [0.4, 0.5) is 0 Å². The van der Waals surface area contributed by atoms with E-state index in [-0.39, 0.29) is 0 Å². The van der Waals surface area contributed by atoms with Gasteiger partial charge in [0.2, 0.25) is 0 Å². The van der Waals surface area contributed by atoms with Crippen LogP contribution in [0.15, 0.2) is 0 Å². The van der Waals surface area contributed by atoms with E-state index >= 15 is 0 Å². The Morgan fingerprint density at radius 3 is 1.38 bits per heavy atom. The van der Waals surface area contributed by atoms with Gasteiger partial charge in [-0.2, -0.15) is 10.5 Å². The van der Waals surface area contributed by atoms with Gasteiger partial charge >= 0.3 is 0 Å². The molecule has 0 aromatic carbocycles. The molecule has 0 rings (SSSR count). The van der Waals surface area contributed by atoms with E-state index < -0.39 is 0 Å². The third-order valence-electron chi connectivity index (χ3n) is 2.40. The van der Waals surface area contributed by atoms with Gasteiger partial charge in [-0.15, -0.1) is 0 Å². The van der Waals surface area contributed by atoms with Gasteiger partial charge in [0.25, 0.3) is 0 Å². The average molecular weight is 222 g/mol. The number of nitrogens with zero attached hydrogens (tertiary/aromatic N) is 4. The molecule has 0 unspecified atom stereocenters. The van der Waals surface area contributed by atoms with Gasteiger partial charge in [-0.3, -0.25) is 9.80 Å². The maximum absolute atomic E-state index is 8.68. The molecule has 0 radical (unpaired) electrons. The van der Waals surface area contributed by atoms with E-state index in [9.17, 15) is 0 Å². The predicted octanol–water partition coefficient (Wildman–Crippen LogP) is 1.46. The van der Waals surface area contributed by atoms with Crippen molar-refractivity contribution in [2.75, 3.05) is 39.3 Å². The van der Waals surface area contributed by atoms with Crippen LogP contribution in [-0.4, -0.2) is 49.1 Å². The van der Waals surface area contributed by atoms with Gasteiger partial charge in [0.15, 0.2) is 0 Å². The largest absolute Gasteiger partial charge is 0.289 e. The first-order valence-electron chi connectivity index (χ1n) is 5.97. The molecule has 0 spiro atoms. The summed E-state index contributed by atoms with van der Waals surface area (Å²) in [5, 5.41) is 17.4. The minimum absolute atomic E-state index is 0.486. The lowest BCUT2D eigenvalue weighted by atomic mass is 10.3. The highest BCUT2D eigenvalue weighted by atomic mass is 15.2. The molecule has 0 aromatic rings. The summed E-state index contributed by atoms with van der Waals surface area (Å²) < 4.78 is 0. The first-order chi connectivity index (χ1) is 7.78. The standard InChI is InChI=1S/C12H22N4/c1-3-7-15(9-5-13)11-12-16(8-4-2)10-6-14/h3-4,7-12H2,1-2H3. The normalized spacial score (nSPS) is 10.4. The van der Waals surface area contributed by atoms with Gasteiger partial charge in [0.05, 0.1) is 25.2 Å². The van der Waals surface area contributed by atoms with E-state index in [0.717, 1.165) is 39.0 Å². The van der Waals surface area contributed by atoms with Crippen LogP contribution in [0.25, 0.3) is 0 Å². The molecule has 16 heavy (non-hydrogen) atoms. The molecule has 0 N–H and O–H groups in total. The Labute approximate surface area is 99.1 Å². The molecule has 0 saturated carbocycles. The Morgan fingerprint density at radius 1 is 0.750 bits per heavy atom. The summed E-state index contributed by atoms with van der Waals surface area (Å²) in [7, 11) is 0. The molecule has 0 amide bonds. The zero-order chi connectivity index (χ0) is 12.2. The molecule has 0 saturated heterocycles. The van der Waals surface area contributed by atoms with Crippen molar-refractivity contribution in [2.45, 2.75) is 26.7 Å². The summed E-state index contributed by atoms with van der Waals surface area (Å²) in [5.41, 5.74) is 0. The Hall–Kier alpha value is -1.10. The number of rotatable bonds is 9. The van der Waals surface area contributed by atoms with Crippen molar-refractivity contribution in [1.29, 1.82) is 10.5 Å². The lowest BCUT2D eigenvalue weighted by molar-refractivity contribution is 0.230. The van der Waals surface area contributed by atoms with Crippen molar-refractivity contribution in [1.82, 2.24) is 9.80 Å². The van der Waals surface area contributed by atoms with Crippen molar-refractivity contribution in [3.05, 3.63) is 0 Å². The van der Waals surface area contributed by atoms with Crippen molar-refractivity contribution in [3.8, 4) is 12.1 Å². The molecule has 0 bridgehead atoms. The van der Waals surface area contributed by atoms with Crippen LogP contribution in [-0.2, 0) is 0 Å². The second-order valence-electron chi connectivity index (χ2n) is 3.87. The third-order valence-corrected chi connectivity index (χ3v) is 2.40. The van der Waals surface area contributed by atoms with Crippen LogP contribution < -0.4 is 0 Å². The molecular formula is C12H22N4. The van der Waals surface area contributed by atoms with E-state index in [1.54, 1.807) is 0 Å². The molecule has 90 valence electrons. The first kappa shape index (κ1) is 14.9. The van der Waals surface area contributed by atoms with Gasteiger partial charge in [0, 0.05) is 13.1 Å². The van der Waals surface area contributed by atoms with Crippen molar-refractivity contribution >= 4 is 0 Å². The molecule has 4 nitrogen and oxygen atoms in total.